The van der Waals surface area contributed by atoms with Crippen LogP contribution in [0, 0.1) is 0 Å². The Kier molecular flexibility index (Phi) is 10.8. The van der Waals surface area contributed by atoms with Crippen LogP contribution in [0.25, 0.3) is 6.08 Å². The van der Waals surface area contributed by atoms with Crippen molar-refractivity contribution >= 4 is 33.9 Å². The Hall–Kier alpha value is -2.64. The lowest BCUT2D eigenvalue weighted by Gasteiger charge is -2.12. The topological polar surface area (TPSA) is 76.1 Å². The van der Waals surface area contributed by atoms with Crippen LogP contribution in [0.3, 0.4) is 0 Å². The van der Waals surface area contributed by atoms with Crippen molar-refractivity contribution < 1.29 is 24.3 Å². The van der Waals surface area contributed by atoms with E-state index in [1.807, 2.05) is 48.5 Å². The number of carbonyl (C=O) groups excluding carboxylic acids is 2. The number of unbranched alkanes of at least 4 members (excludes halogenated alkanes) is 2. The van der Waals surface area contributed by atoms with Crippen molar-refractivity contribution in [1.82, 2.24) is 5.06 Å². The summed E-state index contributed by atoms with van der Waals surface area (Å²) in [5, 5.41) is 10.6. The van der Waals surface area contributed by atoms with Gasteiger partial charge in [0.2, 0.25) is 0 Å². The van der Waals surface area contributed by atoms with Crippen LogP contribution in [0.1, 0.15) is 43.7 Å². The number of hydrogen-bond acceptors (Lipinski definition) is 5. The SMILES string of the molecule is CCOC(=O)CCCCCOc1ccc(C=CC(=O)N(O)Cc2ccc(Br)cc2)cc1. The molecule has 0 heterocycles. The van der Waals surface area contributed by atoms with Gasteiger partial charge in [-0.1, -0.05) is 40.2 Å². The monoisotopic (exact) mass is 489 g/mol. The molecule has 2 rings (SSSR count). The van der Waals surface area contributed by atoms with Crippen LogP contribution in [0.15, 0.2) is 59.1 Å². The van der Waals surface area contributed by atoms with Crippen molar-refractivity contribution in [2.75, 3.05) is 13.2 Å². The van der Waals surface area contributed by atoms with Crippen LogP contribution in [0.5, 0.6) is 5.75 Å². The summed E-state index contributed by atoms with van der Waals surface area (Å²) in [5.74, 6) is 0.0992. The van der Waals surface area contributed by atoms with Crippen molar-refractivity contribution in [2.45, 2.75) is 39.2 Å². The summed E-state index contributed by atoms with van der Waals surface area (Å²) < 4.78 is 11.5. The second kappa shape index (κ2) is 13.6. The van der Waals surface area contributed by atoms with Crippen LogP contribution in [-0.4, -0.2) is 35.4 Å². The van der Waals surface area contributed by atoms with Crippen molar-refractivity contribution in [3.8, 4) is 5.75 Å². The highest BCUT2D eigenvalue weighted by Gasteiger charge is 2.08. The number of esters is 1. The smallest absolute Gasteiger partial charge is 0.305 e. The third kappa shape index (κ3) is 9.81. The number of hydrogen-bond donors (Lipinski definition) is 1. The molecule has 0 spiro atoms. The van der Waals surface area contributed by atoms with Crippen molar-refractivity contribution in [3.05, 3.63) is 70.2 Å². The van der Waals surface area contributed by atoms with Crippen LogP contribution in [0.4, 0.5) is 0 Å². The van der Waals surface area contributed by atoms with Crippen LogP contribution in [0.2, 0.25) is 0 Å². The maximum absolute atomic E-state index is 12.1. The number of benzene rings is 2. The molecule has 0 aliphatic rings. The van der Waals surface area contributed by atoms with Gasteiger partial charge >= 0.3 is 5.97 Å². The molecule has 2 aromatic rings. The summed E-state index contributed by atoms with van der Waals surface area (Å²) in [6.45, 7) is 2.91. The quantitative estimate of drug-likeness (QED) is 0.142. The van der Waals surface area contributed by atoms with Gasteiger partial charge in [0.25, 0.3) is 5.91 Å². The number of nitrogens with zero attached hydrogens (tertiary/aromatic N) is 1. The Bertz CT molecular complexity index is 849. The lowest BCUT2D eigenvalue weighted by molar-refractivity contribution is -0.161. The molecule has 1 amide bonds. The van der Waals surface area contributed by atoms with E-state index < -0.39 is 5.91 Å². The van der Waals surface area contributed by atoms with Gasteiger partial charge in [0.15, 0.2) is 0 Å². The van der Waals surface area contributed by atoms with Gasteiger partial charge in [-0.15, -0.1) is 0 Å². The largest absolute Gasteiger partial charge is 0.494 e. The molecule has 0 fully saturated rings. The fourth-order valence-electron chi connectivity index (χ4n) is 2.74. The Balaban J connectivity index is 1.69. The van der Waals surface area contributed by atoms with E-state index in [1.165, 1.54) is 6.08 Å². The van der Waals surface area contributed by atoms with Gasteiger partial charge in [-0.25, -0.2) is 5.06 Å². The predicted molar refractivity (Wildman–Crippen MR) is 123 cm³/mol. The van der Waals surface area contributed by atoms with Crippen LogP contribution < -0.4 is 4.74 Å². The van der Waals surface area contributed by atoms with Crippen LogP contribution >= 0.6 is 15.9 Å². The molecule has 7 heteroatoms. The highest BCUT2D eigenvalue weighted by atomic mass is 79.9. The van der Waals surface area contributed by atoms with Crippen molar-refractivity contribution in [3.63, 3.8) is 0 Å². The first-order valence-electron chi connectivity index (χ1n) is 10.3. The van der Waals surface area contributed by atoms with E-state index in [2.05, 4.69) is 15.9 Å². The third-order valence-corrected chi connectivity index (χ3v) is 4.93. The number of amides is 1. The maximum atomic E-state index is 12.1. The molecule has 0 aliphatic heterocycles. The normalized spacial score (nSPS) is 10.8. The van der Waals surface area contributed by atoms with E-state index in [0.29, 0.717) is 24.7 Å². The zero-order valence-corrected chi connectivity index (χ0v) is 19.2. The summed E-state index contributed by atoms with van der Waals surface area (Å²) in [6.07, 6.45) is 5.98. The van der Waals surface area contributed by atoms with Gasteiger partial charge in [-0.3, -0.25) is 14.8 Å². The van der Waals surface area contributed by atoms with Gasteiger partial charge < -0.3 is 9.47 Å². The van der Waals surface area contributed by atoms with Crippen molar-refractivity contribution in [2.24, 2.45) is 0 Å². The molecular formula is C24H28BrNO5. The molecule has 0 saturated heterocycles. The second-order valence-electron chi connectivity index (χ2n) is 6.89. The lowest BCUT2D eigenvalue weighted by atomic mass is 10.2. The average molecular weight is 490 g/mol. The molecule has 1 N–H and O–H groups in total. The molecule has 2 aromatic carbocycles. The average Bonchev–Trinajstić information content (AvgIpc) is 2.77. The van der Waals surface area contributed by atoms with Gasteiger partial charge in [0, 0.05) is 17.0 Å². The summed E-state index contributed by atoms with van der Waals surface area (Å²) in [6, 6.07) is 14.7. The molecule has 0 radical (unpaired) electrons. The fraction of sp³-hybridized carbons (Fsp3) is 0.333. The molecular weight excluding hydrogens is 462 g/mol. The molecule has 6 nitrogen and oxygen atoms in total. The zero-order valence-electron chi connectivity index (χ0n) is 17.6. The minimum atomic E-state index is -0.494. The van der Waals surface area contributed by atoms with Crippen LogP contribution in [-0.2, 0) is 20.9 Å². The van der Waals surface area contributed by atoms with E-state index in [4.69, 9.17) is 9.47 Å². The molecule has 0 saturated carbocycles. The van der Waals surface area contributed by atoms with E-state index in [9.17, 15) is 14.8 Å². The molecule has 0 atom stereocenters. The first-order valence-corrected chi connectivity index (χ1v) is 11.1. The van der Waals surface area contributed by atoms with Gasteiger partial charge in [0.1, 0.15) is 5.75 Å². The maximum Gasteiger partial charge on any atom is 0.305 e. The summed E-state index contributed by atoms with van der Waals surface area (Å²) in [7, 11) is 0. The Labute approximate surface area is 191 Å². The second-order valence-corrected chi connectivity index (χ2v) is 7.80. The van der Waals surface area contributed by atoms with E-state index >= 15 is 0 Å². The van der Waals surface area contributed by atoms with Crippen molar-refractivity contribution in [1.29, 1.82) is 0 Å². The minimum absolute atomic E-state index is 0.114. The fourth-order valence-corrected chi connectivity index (χ4v) is 3.01. The number of hydroxylamine groups is 2. The van der Waals surface area contributed by atoms with Gasteiger partial charge in [-0.2, -0.15) is 0 Å². The lowest BCUT2D eigenvalue weighted by Crippen LogP contribution is -2.24. The molecule has 31 heavy (non-hydrogen) atoms. The van der Waals surface area contributed by atoms with E-state index in [0.717, 1.165) is 40.6 Å². The summed E-state index contributed by atoms with van der Waals surface area (Å²) >= 11 is 3.35. The summed E-state index contributed by atoms with van der Waals surface area (Å²) in [4.78, 5) is 23.3. The van der Waals surface area contributed by atoms with E-state index in [1.54, 1.807) is 13.0 Å². The Morgan fingerprint density at radius 2 is 1.74 bits per heavy atom. The molecule has 166 valence electrons. The van der Waals surface area contributed by atoms with Gasteiger partial charge in [0.05, 0.1) is 19.8 Å². The van der Waals surface area contributed by atoms with E-state index in [-0.39, 0.29) is 12.5 Å². The number of carbonyl (C=O) groups is 2. The minimum Gasteiger partial charge on any atom is -0.494 e. The highest BCUT2D eigenvalue weighted by molar-refractivity contribution is 9.10. The number of rotatable bonds is 12. The molecule has 0 aliphatic carbocycles. The number of ether oxygens (including phenoxy) is 2. The molecule has 0 bridgehead atoms. The molecule has 0 unspecified atom stereocenters. The van der Waals surface area contributed by atoms with Gasteiger partial charge in [-0.05, 0) is 67.7 Å². The Morgan fingerprint density at radius 3 is 2.42 bits per heavy atom. The summed E-state index contributed by atoms with van der Waals surface area (Å²) in [5.41, 5.74) is 1.65. The Morgan fingerprint density at radius 1 is 1.03 bits per heavy atom. The first kappa shape index (κ1) is 24.6. The molecule has 0 aromatic heterocycles. The highest BCUT2D eigenvalue weighted by Crippen LogP contribution is 2.15. The predicted octanol–water partition coefficient (Wildman–Crippen LogP) is 5.38. The third-order valence-electron chi connectivity index (χ3n) is 4.40. The zero-order chi connectivity index (χ0) is 22.5. The standard InChI is InChI=1S/C24H28BrNO5/c1-2-30-24(28)6-4-3-5-17-31-22-14-9-19(10-15-22)11-16-23(27)26(29)18-20-7-12-21(25)13-8-20/h7-16,29H,2-6,17-18H2,1H3. The number of halogens is 1. The first-order chi connectivity index (χ1) is 15.0.